The van der Waals surface area contributed by atoms with E-state index in [1.54, 1.807) is 6.92 Å². The fraction of sp³-hybridized carbons (Fsp3) is 0.100. The third kappa shape index (κ3) is 1.74. The average Bonchev–Trinajstić information content (AvgIpc) is 2.67. The number of thiophene rings is 1. The van der Waals surface area contributed by atoms with Gasteiger partial charge in [-0.1, -0.05) is 6.07 Å². The van der Waals surface area contributed by atoms with Gasteiger partial charge in [-0.25, -0.2) is 9.97 Å². The van der Waals surface area contributed by atoms with Crippen LogP contribution in [0.25, 0.3) is 10.7 Å². The molecule has 0 aromatic carbocycles. The Labute approximate surface area is 96.1 Å². The summed E-state index contributed by atoms with van der Waals surface area (Å²) in [5.74, 6) is 0.0473. The van der Waals surface area contributed by atoms with E-state index in [2.05, 4.69) is 9.97 Å². The topological polar surface area (TPSA) is 94.9 Å². The zero-order valence-electron chi connectivity index (χ0n) is 8.60. The van der Waals surface area contributed by atoms with Crippen molar-refractivity contribution in [3.63, 3.8) is 0 Å². The molecular weight excluding hydrogens is 224 g/mol. The molecule has 0 aliphatic rings. The molecule has 0 aliphatic carbocycles. The van der Waals surface area contributed by atoms with Crippen molar-refractivity contribution in [2.75, 3.05) is 5.73 Å². The second kappa shape index (κ2) is 3.90. The quantitative estimate of drug-likeness (QED) is 0.816. The van der Waals surface area contributed by atoms with E-state index in [9.17, 15) is 4.79 Å². The van der Waals surface area contributed by atoms with Crippen LogP contribution in [0.5, 0.6) is 0 Å². The SMILES string of the molecule is Cc1nc(-c2cccs2)nc(N)c1C(N)=O. The molecule has 2 heterocycles. The number of carbonyl (C=O) groups excluding carboxylic acids is 1. The van der Waals surface area contributed by atoms with Crippen molar-refractivity contribution in [2.24, 2.45) is 5.73 Å². The zero-order valence-corrected chi connectivity index (χ0v) is 9.41. The molecule has 5 nitrogen and oxygen atoms in total. The maximum absolute atomic E-state index is 11.1. The Hall–Kier alpha value is -1.95. The molecule has 0 bridgehead atoms. The molecule has 0 fully saturated rings. The molecule has 0 radical (unpaired) electrons. The number of amides is 1. The highest BCUT2D eigenvalue weighted by Gasteiger charge is 2.14. The first-order valence-corrected chi connectivity index (χ1v) is 5.45. The lowest BCUT2D eigenvalue weighted by molar-refractivity contribution is 0.1000. The molecule has 0 atom stereocenters. The lowest BCUT2D eigenvalue weighted by Gasteiger charge is -2.06. The third-order valence-corrected chi connectivity index (χ3v) is 2.97. The van der Waals surface area contributed by atoms with Gasteiger partial charge in [0.2, 0.25) is 0 Å². The Bertz CT molecular complexity index is 513. The van der Waals surface area contributed by atoms with Gasteiger partial charge in [0, 0.05) is 0 Å². The van der Waals surface area contributed by atoms with Crippen LogP contribution in [0.4, 0.5) is 5.82 Å². The van der Waals surface area contributed by atoms with Crippen LogP contribution in [0.1, 0.15) is 16.1 Å². The van der Waals surface area contributed by atoms with E-state index in [0.717, 1.165) is 4.88 Å². The molecule has 2 rings (SSSR count). The molecule has 0 saturated carbocycles. The summed E-state index contributed by atoms with van der Waals surface area (Å²) in [7, 11) is 0. The maximum atomic E-state index is 11.1. The largest absolute Gasteiger partial charge is 0.383 e. The average molecular weight is 234 g/mol. The Morgan fingerprint density at radius 3 is 2.69 bits per heavy atom. The van der Waals surface area contributed by atoms with Crippen LogP contribution in [0.3, 0.4) is 0 Å². The number of primary amides is 1. The highest BCUT2D eigenvalue weighted by Crippen LogP contribution is 2.23. The van der Waals surface area contributed by atoms with E-state index in [1.165, 1.54) is 11.3 Å². The van der Waals surface area contributed by atoms with Gasteiger partial charge in [-0.05, 0) is 18.4 Å². The summed E-state index contributed by atoms with van der Waals surface area (Å²) < 4.78 is 0. The smallest absolute Gasteiger partial charge is 0.254 e. The van der Waals surface area contributed by atoms with Crippen molar-refractivity contribution >= 4 is 23.1 Å². The van der Waals surface area contributed by atoms with Crippen LogP contribution in [0.15, 0.2) is 17.5 Å². The van der Waals surface area contributed by atoms with E-state index in [0.29, 0.717) is 11.5 Å². The molecule has 2 aromatic heterocycles. The number of nitrogens with two attached hydrogens (primary N) is 2. The van der Waals surface area contributed by atoms with Gasteiger partial charge in [0.15, 0.2) is 5.82 Å². The lowest BCUT2D eigenvalue weighted by Crippen LogP contribution is -2.17. The van der Waals surface area contributed by atoms with Crippen molar-refractivity contribution in [3.05, 3.63) is 28.8 Å². The van der Waals surface area contributed by atoms with E-state index in [-0.39, 0.29) is 11.4 Å². The van der Waals surface area contributed by atoms with Crippen molar-refractivity contribution in [1.82, 2.24) is 9.97 Å². The molecule has 0 saturated heterocycles. The van der Waals surface area contributed by atoms with E-state index in [1.807, 2.05) is 17.5 Å². The molecule has 82 valence electrons. The van der Waals surface area contributed by atoms with Crippen LogP contribution in [0, 0.1) is 6.92 Å². The molecule has 2 aromatic rings. The number of carbonyl (C=O) groups is 1. The van der Waals surface area contributed by atoms with Gasteiger partial charge in [-0.2, -0.15) is 0 Å². The Morgan fingerprint density at radius 1 is 1.44 bits per heavy atom. The fourth-order valence-corrected chi connectivity index (χ4v) is 2.07. The number of hydrogen-bond donors (Lipinski definition) is 2. The first kappa shape index (κ1) is 10.6. The molecule has 0 spiro atoms. The summed E-state index contributed by atoms with van der Waals surface area (Å²) in [6.07, 6.45) is 0. The first-order chi connectivity index (χ1) is 7.59. The van der Waals surface area contributed by atoms with Crippen LogP contribution in [-0.2, 0) is 0 Å². The minimum absolute atomic E-state index is 0.128. The van der Waals surface area contributed by atoms with E-state index < -0.39 is 5.91 Å². The Kier molecular flexibility index (Phi) is 2.57. The standard InChI is InChI=1S/C10H10N4OS/c1-5-7(9(12)15)8(11)14-10(13-5)6-3-2-4-16-6/h2-4H,1H3,(H2,12,15)(H2,11,13,14). The predicted octanol–water partition coefficient (Wildman–Crippen LogP) is 1.19. The highest BCUT2D eigenvalue weighted by molar-refractivity contribution is 7.13. The molecule has 0 unspecified atom stereocenters. The van der Waals surface area contributed by atoms with Gasteiger partial charge >= 0.3 is 0 Å². The highest BCUT2D eigenvalue weighted by atomic mass is 32.1. The second-order valence-corrected chi connectivity index (χ2v) is 4.18. The van der Waals surface area contributed by atoms with Crippen molar-refractivity contribution in [3.8, 4) is 10.7 Å². The minimum atomic E-state index is -0.604. The van der Waals surface area contributed by atoms with Crippen LogP contribution in [-0.4, -0.2) is 15.9 Å². The zero-order chi connectivity index (χ0) is 11.7. The van der Waals surface area contributed by atoms with E-state index >= 15 is 0 Å². The van der Waals surface area contributed by atoms with Crippen LogP contribution >= 0.6 is 11.3 Å². The van der Waals surface area contributed by atoms with Gasteiger partial charge in [-0.3, -0.25) is 4.79 Å². The number of aromatic nitrogens is 2. The predicted molar refractivity (Wildman–Crippen MR) is 63.0 cm³/mol. The molecule has 4 N–H and O–H groups in total. The van der Waals surface area contributed by atoms with Gasteiger partial charge in [0.05, 0.1) is 10.6 Å². The monoisotopic (exact) mass is 234 g/mol. The van der Waals surface area contributed by atoms with Crippen molar-refractivity contribution in [2.45, 2.75) is 6.92 Å². The summed E-state index contributed by atoms with van der Waals surface area (Å²) in [5, 5.41) is 1.92. The normalized spacial score (nSPS) is 10.3. The number of anilines is 1. The summed E-state index contributed by atoms with van der Waals surface area (Å²) >= 11 is 1.51. The van der Waals surface area contributed by atoms with E-state index in [4.69, 9.17) is 11.5 Å². The molecular formula is C10H10N4OS. The molecule has 0 aliphatic heterocycles. The lowest BCUT2D eigenvalue weighted by atomic mass is 10.2. The maximum Gasteiger partial charge on any atom is 0.254 e. The summed E-state index contributed by atoms with van der Waals surface area (Å²) in [6, 6.07) is 3.79. The number of nitrogens with zero attached hydrogens (tertiary/aromatic N) is 2. The number of rotatable bonds is 2. The Balaban J connectivity index is 2.58. The summed E-state index contributed by atoms with van der Waals surface area (Å²) in [5.41, 5.74) is 11.6. The van der Waals surface area contributed by atoms with Crippen LogP contribution < -0.4 is 11.5 Å². The molecule has 16 heavy (non-hydrogen) atoms. The van der Waals surface area contributed by atoms with Crippen molar-refractivity contribution in [1.29, 1.82) is 0 Å². The summed E-state index contributed by atoms with van der Waals surface area (Å²) in [4.78, 5) is 20.3. The summed E-state index contributed by atoms with van der Waals surface area (Å²) in [6.45, 7) is 1.69. The second-order valence-electron chi connectivity index (χ2n) is 3.23. The number of aryl methyl sites for hydroxylation is 1. The first-order valence-electron chi connectivity index (χ1n) is 4.57. The van der Waals surface area contributed by atoms with Gasteiger partial charge in [0.25, 0.3) is 5.91 Å². The molecule has 1 amide bonds. The number of nitrogen functional groups attached to an aromatic ring is 1. The Morgan fingerprint density at radius 2 is 2.19 bits per heavy atom. The third-order valence-electron chi connectivity index (χ3n) is 2.11. The fourth-order valence-electron chi connectivity index (χ4n) is 1.42. The number of hydrogen-bond acceptors (Lipinski definition) is 5. The van der Waals surface area contributed by atoms with Gasteiger partial charge in [0.1, 0.15) is 11.4 Å². The van der Waals surface area contributed by atoms with Gasteiger partial charge < -0.3 is 11.5 Å². The van der Waals surface area contributed by atoms with Gasteiger partial charge in [-0.15, -0.1) is 11.3 Å². The van der Waals surface area contributed by atoms with Crippen LogP contribution in [0.2, 0.25) is 0 Å². The minimum Gasteiger partial charge on any atom is -0.383 e. The van der Waals surface area contributed by atoms with Crippen molar-refractivity contribution < 1.29 is 4.79 Å². The molecule has 6 heteroatoms.